The summed E-state index contributed by atoms with van der Waals surface area (Å²) in [6, 6.07) is 18.7. The summed E-state index contributed by atoms with van der Waals surface area (Å²) in [5.74, 6) is -3.83. The number of esters is 1. The molecule has 11 nitrogen and oxygen atoms in total. The van der Waals surface area contributed by atoms with Crippen LogP contribution in [-0.4, -0.2) is 64.2 Å². The summed E-state index contributed by atoms with van der Waals surface area (Å²) in [7, 11) is -3.02. The van der Waals surface area contributed by atoms with Crippen molar-refractivity contribution in [1.82, 2.24) is 5.32 Å². The number of alkyl halides is 3. The van der Waals surface area contributed by atoms with E-state index in [1.807, 2.05) is 49.4 Å². The number of amides is 2. The van der Waals surface area contributed by atoms with Crippen LogP contribution >= 0.6 is 0 Å². The van der Waals surface area contributed by atoms with Gasteiger partial charge in [-0.3, -0.25) is 14.4 Å². The Morgan fingerprint density at radius 1 is 0.877 bits per heavy atom. The maximum Gasteiger partial charge on any atom is 0.501 e. The summed E-state index contributed by atoms with van der Waals surface area (Å²) < 4.78 is 101. The lowest BCUT2D eigenvalue weighted by atomic mass is 9.74. The van der Waals surface area contributed by atoms with Gasteiger partial charge in [-0.25, -0.2) is 12.8 Å². The molecule has 2 saturated carbocycles. The molecular formula is C41H42F4N2O9S. The monoisotopic (exact) mass is 814 g/mol. The first-order chi connectivity index (χ1) is 27.0. The predicted molar refractivity (Wildman–Crippen MR) is 201 cm³/mol. The highest BCUT2D eigenvalue weighted by atomic mass is 32.2. The van der Waals surface area contributed by atoms with E-state index >= 15 is 4.39 Å². The molecule has 57 heavy (non-hydrogen) atoms. The Kier molecular flexibility index (Phi) is 12.1. The smallest absolute Gasteiger partial charge is 0.496 e. The Hall–Kier alpha value is -5.22. The van der Waals surface area contributed by atoms with Crippen LogP contribution in [0.1, 0.15) is 61.4 Å². The first kappa shape index (κ1) is 41.4. The van der Waals surface area contributed by atoms with Gasteiger partial charge in [0.05, 0.1) is 47.2 Å². The standard InChI is InChI=1S/C41H42F4N2O9S/c1-40(39(50)55-23-25-10-6-9-24-8-4-5-13-29(24)25)18-16-27(17-19-40)56-35-21-31(34(54-3)22-32(35)42)38(49)47-36-30(14-15-33(36)53-2)37(48)46-26-11-7-12-28(20-26)57(51,52)41(43,44)45/h4-13,20-22,27,30,33,36H,14-19,23H2,1-3H3,(H,46,48)(H,47,49)/t27?,30-,33+,36-,40?/m0/s1. The molecule has 0 heterocycles. The van der Waals surface area contributed by atoms with Crippen molar-refractivity contribution in [3.8, 4) is 11.5 Å². The lowest BCUT2D eigenvalue weighted by Crippen LogP contribution is -2.48. The van der Waals surface area contributed by atoms with Crippen molar-refractivity contribution in [2.45, 2.75) is 80.7 Å². The van der Waals surface area contributed by atoms with E-state index in [4.69, 9.17) is 18.9 Å². The van der Waals surface area contributed by atoms with Crippen LogP contribution < -0.4 is 20.1 Å². The van der Waals surface area contributed by atoms with Crippen molar-refractivity contribution >= 4 is 44.1 Å². The highest BCUT2D eigenvalue weighted by Crippen LogP contribution is 2.40. The molecule has 0 spiro atoms. The number of halogens is 4. The second-order valence-corrected chi connectivity index (χ2v) is 16.4. The van der Waals surface area contributed by atoms with Gasteiger partial charge in [0.2, 0.25) is 5.91 Å². The third kappa shape index (κ3) is 8.86. The van der Waals surface area contributed by atoms with Gasteiger partial charge in [0.25, 0.3) is 15.7 Å². The minimum absolute atomic E-state index is 0.0995. The molecular weight excluding hydrogens is 773 g/mol. The zero-order valence-corrected chi connectivity index (χ0v) is 32.2. The van der Waals surface area contributed by atoms with E-state index in [2.05, 4.69) is 10.6 Å². The molecule has 4 aromatic carbocycles. The fraction of sp³-hybridized carbons (Fsp3) is 0.390. The van der Waals surface area contributed by atoms with E-state index in [1.54, 1.807) is 0 Å². The molecule has 6 rings (SSSR count). The molecule has 0 radical (unpaired) electrons. The Balaban J connectivity index is 1.10. The van der Waals surface area contributed by atoms with Gasteiger partial charge in [-0.1, -0.05) is 48.5 Å². The van der Waals surface area contributed by atoms with Gasteiger partial charge in [0.1, 0.15) is 12.4 Å². The number of hydrogen-bond acceptors (Lipinski definition) is 9. The van der Waals surface area contributed by atoms with Gasteiger partial charge in [0.15, 0.2) is 11.6 Å². The van der Waals surface area contributed by atoms with Gasteiger partial charge < -0.3 is 29.6 Å². The van der Waals surface area contributed by atoms with Gasteiger partial charge in [-0.15, -0.1) is 0 Å². The maximum absolute atomic E-state index is 15.4. The van der Waals surface area contributed by atoms with Gasteiger partial charge in [-0.2, -0.15) is 13.2 Å². The number of fused-ring (bicyclic) bond motifs is 1. The lowest BCUT2D eigenvalue weighted by Gasteiger charge is -2.35. The van der Waals surface area contributed by atoms with E-state index in [0.717, 1.165) is 34.5 Å². The summed E-state index contributed by atoms with van der Waals surface area (Å²) in [6.45, 7) is 1.96. The second kappa shape index (κ2) is 16.7. The van der Waals surface area contributed by atoms with Crippen molar-refractivity contribution < 1.29 is 59.3 Å². The first-order valence-electron chi connectivity index (χ1n) is 18.3. The first-order valence-corrected chi connectivity index (χ1v) is 19.8. The molecule has 2 fully saturated rings. The minimum Gasteiger partial charge on any atom is -0.496 e. The molecule has 304 valence electrons. The van der Waals surface area contributed by atoms with Gasteiger partial charge >= 0.3 is 11.5 Å². The molecule has 0 unspecified atom stereocenters. The molecule has 0 saturated heterocycles. The number of carbonyl (C=O) groups excluding carboxylic acids is 3. The number of ether oxygens (including phenoxy) is 4. The average Bonchev–Trinajstić information content (AvgIpc) is 3.60. The number of anilines is 1. The van der Waals surface area contributed by atoms with Crippen molar-refractivity contribution in [2.75, 3.05) is 19.5 Å². The number of benzene rings is 4. The van der Waals surface area contributed by atoms with Crippen molar-refractivity contribution in [3.63, 3.8) is 0 Å². The fourth-order valence-corrected chi connectivity index (χ4v) is 8.30. The number of methoxy groups -OCH3 is 2. The number of rotatable bonds is 12. The number of carbonyl (C=O) groups is 3. The van der Waals surface area contributed by atoms with Crippen LogP contribution in [0.2, 0.25) is 0 Å². The van der Waals surface area contributed by atoms with Crippen LogP contribution in [0.3, 0.4) is 0 Å². The Bertz CT molecular complexity index is 2250. The summed E-state index contributed by atoms with van der Waals surface area (Å²) in [4.78, 5) is 39.5. The van der Waals surface area contributed by atoms with Crippen LogP contribution in [0.15, 0.2) is 83.8 Å². The highest BCUT2D eigenvalue weighted by molar-refractivity contribution is 7.92. The van der Waals surface area contributed by atoms with E-state index in [-0.39, 0.29) is 41.7 Å². The third-order valence-corrected chi connectivity index (χ3v) is 12.3. The Labute approximate surface area is 326 Å². The summed E-state index contributed by atoms with van der Waals surface area (Å²) in [5.41, 5.74) is -5.72. The predicted octanol–water partition coefficient (Wildman–Crippen LogP) is 7.51. The average molecular weight is 815 g/mol. The fourth-order valence-electron chi connectivity index (χ4n) is 7.49. The van der Waals surface area contributed by atoms with Crippen LogP contribution in [0.25, 0.3) is 10.8 Å². The maximum atomic E-state index is 15.4. The van der Waals surface area contributed by atoms with E-state index in [1.165, 1.54) is 26.4 Å². The largest absolute Gasteiger partial charge is 0.501 e. The van der Waals surface area contributed by atoms with Crippen molar-refractivity contribution in [1.29, 1.82) is 0 Å². The third-order valence-electron chi connectivity index (χ3n) is 10.8. The Morgan fingerprint density at radius 2 is 1.58 bits per heavy atom. The van der Waals surface area contributed by atoms with Gasteiger partial charge in [0, 0.05) is 18.9 Å². The van der Waals surface area contributed by atoms with E-state index < -0.39 is 67.5 Å². The Morgan fingerprint density at radius 3 is 2.28 bits per heavy atom. The summed E-state index contributed by atoms with van der Waals surface area (Å²) >= 11 is 0. The van der Waals surface area contributed by atoms with E-state index in [9.17, 15) is 36.0 Å². The number of hydrogen-bond donors (Lipinski definition) is 2. The zero-order valence-electron chi connectivity index (χ0n) is 31.4. The molecule has 3 atom stereocenters. The molecule has 0 aromatic heterocycles. The quantitative estimate of drug-likeness (QED) is 0.110. The summed E-state index contributed by atoms with van der Waals surface area (Å²) in [6.07, 6.45) is 1.06. The molecule has 2 N–H and O–H groups in total. The summed E-state index contributed by atoms with van der Waals surface area (Å²) in [5, 5.41) is 7.27. The van der Waals surface area contributed by atoms with Gasteiger partial charge in [-0.05, 0) is 86.1 Å². The molecule has 2 aliphatic carbocycles. The zero-order chi connectivity index (χ0) is 41.1. The van der Waals surface area contributed by atoms with Crippen LogP contribution in [0.4, 0.5) is 23.2 Å². The normalized spacial score (nSPS) is 22.4. The molecule has 0 aliphatic heterocycles. The molecule has 4 aromatic rings. The van der Waals surface area contributed by atoms with Crippen LogP contribution in [0.5, 0.6) is 11.5 Å². The SMILES string of the molecule is COc1cc(F)c(OC2CCC(C)(C(=O)OCc3cccc4ccccc34)CC2)cc1C(=O)N[C@H]1[C@@H](C(=O)Nc2cccc(S(=O)(=O)C(F)(F)F)c2)CC[C@H]1OC. The lowest BCUT2D eigenvalue weighted by molar-refractivity contribution is -0.159. The molecule has 2 amide bonds. The number of nitrogens with one attached hydrogen (secondary N) is 2. The van der Waals surface area contributed by atoms with E-state index in [0.29, 0.717) is 38.2 Å². The number of sulfone groups is 1. The van der Waals surface area contributed by atoms with Crippen molar-refractivity contribution in [3.05, 3.63) is 95.8 Å². The molecule has 0 bridgehead atoms. The highest BCUT2D eigenvalue weighted by Gasteiger charge is 2.47. The minimum atomic E-state index is -5.67. The second-order valence-electron chi connectivity index (χ2n) is 14.5. The van der Waals surface area contributed by atoms with Crippen molar-refractivity contribution in [2.24, 2.45) is 11.3 Å². The van der Waals surface area contributed by atoms with Crippen LogP contribution in [-0.2, 0) is 35.5 Å². The molecule has 2 aliphatic rings. The molecule has 16 heteroatoms. The van der Waals surface area contributed by atoms with Crippen LogP contribution in [0, 0.1) is 17.2 Å². The topological polar surface area (TPSA) is 146 Å².